The normalized spacial score (nSPS) is 12.3. The number of benzene rings is 2. The third-order valence-electron chi connectivity index (χ3n) is 5.78. The Bertz CT molecular complexity index is 1410. The van der Waals surface area contributed by atoms with Crippen LogP contribution in [-0.2, 0) is 7.05 Å². The lowest BCUT2D eigenvalue weighted by molar-refractivity contribution is 0.177. The number of aromatic nitrogens is 2. The van der Waals surface area contributed by atoms with Crippen molar-refractivity contribution in [3.63, 3.8) is 0 Å². The van der Waals surface area contributed by atoms with E-state index >= 15 is 0 Å². The van der Waals surface area contributed by atoms with Gasteiger partial charge in [0.05, 0.1) is 16.9 Å². The molecule has 0 spiro atoms. The second-order valence-electron chi connectivity index (χ2n) is 8.74. The number of nitrogens with zero attached hydrogens (tertiary/aromatic N) is 2. The summed E-state index contributed by atoms with van der Waals surface area (Å²) in [4.78, 5) is 28.3. The van der Waals surface area contributed by atoms with Crippen molar-refractivity contribution in [2.75, 3.05) is 6.61 Å². The fourth-order valence-electron chi connectivity index (χ4n) is 4.23. The zero-order valence-corrected chi connectivity index (χ0v) is 19.2. The molecular weight excluding hydrogens is 437 g/mol. The minimum absolute atomic E-state index is 0.107. The quantitative estimate of drug-likeness (QED) is 0.378. The van der Waals surface area contributed by atoms with Gasteiger partial charge in [-0.3, -0.25) is 9.78 Å². The van der Waals surface area contributed by atoms with Gasteiger partial charge in [-0.2, -0.15) is 0 Å². The molecule has 1 atom stereocenters. The summed E-state index contributed by atoms with van der Waals surface area (Å²) < 4.78 is 21.3. The highest BCUT2D eigenvalue weighted by atomic mass is 19.1. The first-order valence-electron chi connectivity index (χ1n) is 11.0. The van der Waals surface area contributed by atoms with Crippen LogP contribution in [0, 0.1) is 11.7 Å². The second-order valence-corrected chi connectivity index (χ2v) is 8.74. The monoisotopic (exact) mass is 463 g/mol. The average molecular weight is 464 g/mol. The number of pyridine rings is 2. The van der Waals surface area contributed by atoms with E-state index in [1.54, 1.807) is 48.3 Å². The molecule has 0 aliphatic carbocycles. The van der Waals surface area contributed by atoms with Gasteiger partial charge in [0.1, 0.15) is 18.2 Å². The molecule has 0 saturated carbocycles. The predicted molar refractivity (Wildman–Crippen MR) is 130 cm³/mol. The van der Waals surface area contributed by atoms with E-state index in [2.05, 4.69) is 10.3 Å². The van der Waals surface area contributed by atoms with Crippen molar-refractivity contribution in [1.29, 1.82) is 0 Å². The van der Waals surface area contributed by atoms with E-state index in [0.29, 0.717) is 28.6 Å². The molecule has 0 bridgehead atoms. The summed E-state index contributed by atoms with van der Waals surface area (Å²) in [6, 6.07) is 11.2. The van der Waals surface area contributed by atoms with E-state index < -0.39 is 12.1 Å². The van der Waals surface area contributed by atoms with Crippen molar-refractivity contribution in [2.24, 2.45) is 13.0 Å². The van der Waals surface area contributed by atoms with Crippen LogP contribution in [0.15, 0.2) is 59.7 Å². The van der Waals surface area contributed by atoms with Crippen LogP contribution in [0.4, 0.5) is 9.18 Å². The lowest BCUT2D eigenvalue weighted by Crippen LogP contribution is -2.39. The summed E-state index contributed by atoms with van der Waals surface area (Å²) in [6.45, 7) is 4.12. The number of ether oxygens (including phenoxy) is 1. The number of nitrogens with one attached hydrogen (secondary N) is 1. The van der Waals surface area contributed by atoms with Gasteiger partial charge < -0.3 is 19.7 Å². The maximum Gasteiger partial charge on any atom is 0.404 e. The van der Waals surface area contributed by atoms with Gasteiger partial charge in [0.15, 0.2) is 0 Å². The summed E-state index contributed by atoms with van der Waals surface area (Å²) in [7, 11) is 1.69. The number of carbonyl (C=O) groups is 1. The van der Waals surface area contributed by atoms with Gasteiger partial charge in [0.2, 0.25) is 0 Å². The van der Waals surface area contributed by atoms with E-state index in [-0.39, 0.29) is 23.9 Å². The molecule has 4 aromatic rings. The van der Waals surface area contributed by atoms with E-state index in [9.17, 15) is 19.1 Å². The molecule has 2 N–H and O–H groups in total. The van der Waals surface area contributed by atoms with Crippen LogP contribution in [0.1, 0.15) is 20.3 Å². The molecule has 8 heteroatoms. The number of halogens is 1. The van der Waals surface area contributed by atoms with Gasteiger partial charge in [-0.25, -0.2) is 9.18 Å². The molecule has 34 heavy (non-hydrogen) atoms. The highest BCUT2D eigenvalue weighted by Crippen LogP contribution is 2.36. The summed E-state index contributed by atoms with van der Waals surface area (Å²) in [5, 5.41) is 13.8. The van der Waals surface area contributed by atoms with Crippen molar-refractivity contribution >= 4 is 27.8 Å². The first-order chi connectivity index (χ1) is 16.2. The van der Waals surface area contributed by atoms with E-state index in [1.807, 2.05) is 19.9 Å². The molecule has 0 aliphatic rings. The topological polar surface area (TPSA) is 93.5 Å². The summed E-state index contributed by atoms with van der Waals surface area (Å²) in [5.41, 5.74) is 1.93. The predicted octanol–water partition coefficient (Wildman–Crippen LogP) is 4.95. The lowest BCUT2D eigenvalue weighted by atomic mass is 9.99. The number of amides is 1. The molecular formula is C26H26FN3O4. The zero-order chi connectivity index (χ0) is 24.4. The Morgan fingerprint density at radius 3 is 2.56 bits per heavy atom. The molecule has 0 saturated heterocycles. The molecule has 2 aromatic carbocycles. The van der Waals surface area contributed by atoms with Gasteiger partial charge >= 0.3 is 6.09 Å². The number of fused-ring (bicyclic) bond motifs is 3. The largest absolute Gasteiger partial charge is 0.491 e. The van der Waals surface area contributed by atoms with Crippen molar-refractivity contribution in [2.45, 2.75) is 26.3 Å². The van der Waals surface area contributed by atoms with Gasteiger partial charge in [-0.1, -0.05) is 26.0 Å². The third-order valence-corrected chi connectivity index (χ3v) is 5.78. The van der Waals surface area contributed by atoms with Crippen LogP contribution >= 0.6 is 0 Å². The molecule has 4 rings (SSSR count). The van der Waals surface area contributed by atoms with Crippen molar-refractivity contribution in [3.8, 4) is 16.9 Å². The lowest BCUT2D eigenvalue weighted by Gasteiger charge is -2.21. The SMILES string of the molecule is CC(C)CC(COc1cc2c(cc1-c1ccc(F)cc1)c1ccncc1c(=O)n2C)NC(=O)O. The van der Waals surface area contributed by atoms with Crippen LogP contribution in [-0.4, -0.2) is 33.4 Å². The minimum atomic E-state index is -1.12. The fraction of sp³-hybridized carbons (Fsp3) is 0.269. The first kappa shape index (κ1) is 23.2. The Kier molecular flexibility index (Phi) is 6.49. The average Bonchev–Trinajstić information content (AvgIpc) is 2.80. The van der Waals surface area contributed by atoms with Crippen LogP contribution < -0.4 is 15.6 Å². The van der Waals surface area contributed by atoms with E-state index in [4.69, 9.17) is 4.74 Å². The van der Waals surface area contributed by atoms with Gasteiger partial charge in [0.25, 0.3) is 5.56 Å². The van der Waals surface area contributed by atoms with Crippen LogP contribution in [0.25, 0.3) is 32.8 Å². The zero-order valence-electron chi connectivity index (χ0n) is 19.2. The van der Waals surface area contributed by atoms with Crippen LogP contribution in [0.5, 0.6) is 5.75 Å². The van der Waals surface area contributed by atoms with E-state index in [1.165, 1.54) is 12.1 Å². The first-order valence-corrected chi connectivity index (χ1v) is 11.0. The molecule has 2 heterocycles. The van der Waals surface area contributed by atoms with Crippen LogP contribution in [0.2, 0.25) is 0 Å². The molecule has 176 valence electrons. The van der Waals surface area contributed by atoms with Crippen molar-refractivity contribution < 1.29 is 19.0 Å². The molecule has 1 unspecified atom stereocenters. The number of rotatable bonds is 7. The fourth-order valence-corrected chi connectivity index (χ4v) is 4.23. The summed E-state index contributed by atoms with van der Waals surface area (Å²) in [6.07, 6.45) is 2.67. The van der Waals surface area contributed by atoms with Crippen molar-refractivity contribution in [3.05, 3.63) is 71.0 Å². The highest BCUT2D eigenvalue weighted by molar-refractivity contribution is 6.07. The van der Waals surface area contributed by atoms with Gasteiger partial charge in [-0.05, 0) is 47.6 Å². The standard InChI is InChI=1S/C26H26FN3O4/c1-15(2)10-18(29-26(32)33)14-34-24-12-23-21(11-20(24)16-4-6-17(27)7-5-16)19-8-9-28-13-22(19)25(31)30(23)3/h4-9,11-13,15,18,29H,10,14H2,1-3H3,(H,32,33). The highest BCUT2D eigenvalue weighted by Gasteiger charge is 2.18. The Labute approximate surface area is 195 Å². The maximum atomic E-state index is 13.6. The van der Waals surface area contributed by atoms with Crippen LogP contribution in [0.3, 0.4) is 0 Å². The van der Waals surface area contributed by atoms with Gasteiger partial charge in [0, 0.05) is 36.5 Å². The Hall–Kier alpha value is -3.94. The second kappa shape index (κ2) is 9.51. The van der Waals surface area contributed by atoms with Gasteiger partial charge in [-0.15, -0.1) is 0 Å². The Balaban J connectivity index is 1.88. The Morgan fingerprint density at radius 1 is 1.15 bits per heavy atom. The summed E-state index contributed by atoms with van der Waals surface area (Å²) >= 11 is 0. The number of hydrogen-bond donors (Lipinski definition) is 2. The van der Waals surface area contributed by atoms with E-state index in [0.717, 1.165) is 16.3 Å². The summed E-state index contributed by atoms with van der Waals surface area (Å²) in [5.74, 6) is 0.381. The molecule has 0 radical (unpaired) electrons. The third kappa shape index (κ3) is 4.71. The smallest absolute Gasteiger partial charge is 0.404 e. The van der Waals surface area contributed by atoms with Crippen molar-refractivity contribution in [1.82, 2.24) is 14.9 Å². The molecule has 1 amide bonds. The number of hydrogen-bond acceptors (Lipinski definition) is 4. The number of carboxylic acid groups (broad SMARTS) is 1. The number of aryl methyl sites for hydroxylation is 1. The Morgan fingerprint density at radius 2 is 1.88 bits per heavy atom. The molecule has 2 aromatic heterocycles. The minimum Gasteiger partial charge on any atom is -0.491 e. The molecule has 0 aliphatic heterocycles. The molecule has 7 nitrogen and oxygen atoms in total. The maximum absolute atomic E-state index is 13.6. The molecule has 0 fully saturated rings.